The van der Waals surface area contributed by atoms with Gasteiger partial charge in [-0.1, -0.05) is 6.07 Å². The van der Waals surface area contributed by atoms with Crippen LogP contribution in [-0.4, -0.2) is 53.2 Å². The van der Waals surface area contributed by atoms with Crippen LogP contribution in [0, 0.1) is 13.8 Å². The first-order valence-electron chi connectivity index (χ1n) is 9.97. The number of anilines is 1. The number of carbonyl (C=O) groups excluding carboxylic acids is 2. The highest BCUT2D eigenvalue weighted by molar-refractivity contribution is 7.91. The Morgan fingerprint density at radius 2 is 2.09 bits per heavy atom. The predicted molar refractivity (Wildman–Crippen MR) is 120 cm³/mol. The van der Waals surface area contributed by atoms with Crippen LogP contribution in [0.15, 0.2) is 35.7 Å². The van der Waals surface area contributed by atoms with Crippen LogP contribution in [0.4, 0.5) is 5.82 Å². The summed E-state index contributed by atoms with van der Waals surface area (Å²) in [6.07, 6.45) is 0.440. The number of sulfone groups is 1. The van der Waals surface area contributed by atoms with E-state index in [1.807, 2.05) is 17.5 Å². The van der Waals surface area contributed by atoms with E-state index in [-0.39, 0.29) is 23.1 Å². The SMILES string of the molecule is Cc1cc(NC(=O)COC(=O)c2ccc(-c3cccs3)nc2C)n(C2CCS(=O)(=O)C2)n1. The zero-order valence-electron chi connectivity index (χ0n) is 17.6. The lowest BCUT2D eigenvalue weighted by molar-refractivity contribution is -0.119. The molecule has 1 atom stereocenters. The molecule has 3 aromatic heterocycles. The van der Waals surface area contributed by atoms with Gasteiger partial charge >= 0.3 is 5.97 Å². The molecule has 1 amide bonds. The molecule has 1 N–H and O–H groups in total. The van der Waals surface area contributed by atoms with Gasteiger partial charge in [0.15, 0.2) is 16.4 Å². The number of carbonyl (C=O) groups is 2. The van der Waals surface area contributed by atoms with Gasteiger partial charge in [-0.15, -0.1) is 11.3 Å². The molecule has 0 spiro atoms. The Hall–Kier alpha value is -3.05. The van der Waals surface area contributed by atoms with Crippen LogP contribution in [-0.2, 0) is 19.4 Å². The van der Waals surface area contributed by atoms with E-state index in [1.54, 1.807) is 43.4 Å². The first-order valence-corrected chi connectivity index (χ1v) is 12.7. The summed E-state index contributed by atoms with van der Waals surface area (Å²) in [5.74, 6) is -0.723. The molecule has 0 aromatic carbocycles. The fourth-order valence-electron chi connectivity index (χ4n) is 3.58. The summed E-state index contributed by atoms with van der Waals surface area (Å²) >= 11 is 1.55. The second kappa shape index (κ2) is 8.83. The highest BCUT2D eigenvalue weighted by Gasteiger charge is 2.31. The number of amides is 1. The van der Waals surface area contributed by atoms with E-state index in [2.05, 4.69) is 15.4 Å². The van der Waals surface area contributed by atoms with Gasteiger partial charge in [0.25, 0.3) is 5.91 Å². The molecule has 9 nitrogen and oxygen atoms in total. The quantitative estimate of drug-likeness (QED) is 0.545. The maximum absolute atomic E-state index is 12.4. The molecule has 4 heterocycles. The molecule has 1 aliphatic heterocycles. The molecular weight excluding hydrogens is 452 g/mol. The van der Waals surface area contributed by atoms with Crippen LogP contribution in [0.3, 0.4) is 0 Å². The van der Waals surface area contributed by atoms with Crippen molar-refractivity contribution in [1.82, 2.24) is 14.8 Å². The lowest BCUT2D eigenvalue weighted by Gasteiger charge is -2.14. The third-order valence-electron chi connectivity index (χ3n) is 5.09. The summed E-state index contributed by atoms with van der Waals surface area (Å²) in [5, 5.41) is 8.93. The van der Waals surface area contributed by atoms with Crippen LogP contribution < -0.4 is 5.32 Å². The Bertz CT molecular complexity index is 1270. The van der Waals surface area contributed by atoms with Crippen molar-refractivity contribution in [2.75, 3.05) is 23.4 Å². The maximum Gasteiger partial charge on any atom is 0.340 e. The van der Waals surface area contributed by atoms with Crippen LogP contribution >= 0.6 is 11.3 Å². The number of hydrogen-bond acceptors (Lipinski definition) is 8. The number of nitrogens with one attached hydrogen (secondary N) is 1. The summed E-state index contributed by atoms with van der Waals surface area (Å²) in [7, 11) is -3.10. The van der Waals surface area contributed by atoms with E-state index in [0.29, 0.717) is 23.6 Å². The van der Waals surface area contributed by atoms with Gasteiger partial charge in [-0.3, -0.25) is 9.78 Å². The number of aryl methyl sites for hydroxylation is 2. The van der Waals surface area contributed by atoms with E-state index < -0.39 is 28.3 Å². The molecule has 0 saturated carbocycles. The molecule has 0 bridgehead atoms. The number of hydrogen-bond donors (Lipinski definition) is 1. The summed E-state index contributed by atoms with van der Waals surface area (Å²) in [5.41, 5.74) is 2.21. The molecule has 3 aromatic rings. The highest BCUT2D eigenvalue weighted by Crippen LogP contribution is 2.27. The number of ether oxygens (including phenoxy) is 1. The molecule has 0 radical (unpaired) electrons. The summed E-state index contributed by atoms with van der Waals surface area (Å²) in [6, 6.07) is 8.58. The van der Waals surface area contributed by atoms with Crippen molar-refractivity contribution in [3.63, 3.8) is 0 Å². The minimum atomic E-state index is -3.10. The number of aromatic nitrogens is 3. The van der Waals surface area contributed by atoms with E-state index >= 15 is 0 Å². The minimum absolute atomic E-state index is 0.0142. The van der Waals surface area contributed by atoms with Gasteiger partial charge in [0.2, 0.25) is 0 Å². The smallest absolute Gasteiger partial charge is 0.340 e. The number of esters is 1. The van der Waals surface area contributed by atoms with Crippen LogP contribution in [0.1, 0.15) is 34.2 Å². The van der Waals surface area contributed by atoms with Crippen molar-refractivity contribution >= 4 is 38.9 Å². The van der Waals surface area contributed by atoms with E-state index in [9.17, 15) is 18.0 Å². The van der Waals surface area contributed by atoms with Gasteiger partial charge in [-0.2, -0.15) is 5.10 Å². The number of rotatable bonds is 6. The van der Waals surface area contributed by atoms with Crippen molar-refractivity contribution in [2.24, 2.45) is 0 Å². The average molecular weight is 475 g/mol. The fourth-order valence-corrected chi connectivity index (χ4v) is 5.97. The lowest BCUT2D eigenvalue weighted by atomic mass is 10.2. The first kappa shape index (κ1) is 22.2. The predicted octanol–water partition coefficient (Wildman–Crippen LogP) is 2.78. The molecular formula is C21H22N4O5S2. The van der Waals surface area contributed by atoms with Gasteiger partial charge in [-0.25, -0.2) is 17.9 Å². The topological polar surface area (TPSA) is 120 Å². The summed E-state index contributed by atoms with van der Waals surface area (Å²) < 4.78 is 30.3. The zero-order valence-corrected chi connectivity index (χ0v) is 19.2. The van der Waals surface area contributed by atoms with E-state index in [4.69, 9.17) is 4.74 Å². The monoisotopic (exact) mass is 474 g/mol. The third-order valence-corrected chi connectivity index (χ3v) is 7.74. The largest absolute Gasteiger partial charge is 0.452 e. The van der Waals surface area contributed by atoms with E-state index in [0.717, 1.165) is 10.6 Å². The Morgan fingerprint density at radius 1 is 1.28 bits per heavy atom. The molecule has 1 fully saturated rings. The zero-order chi connectivity index (χ0) is 22.9. The summed E-state index contributed by atoms with van der Waals surface area (Å²) in [4.78, 5) is 30.3. The molecule has 32 heavy (non-hydrogen) atoms. The highest BCUT2D eigenvalue weighted by atomic mass is 32.2. The molecule has 0 aliphatic carbocycles. The van der Waals surface area contributed by atoms with Gasteiger partial charge in [-0.05, 0) is 43.8 Å². The minimum Gasteiger partial charge on any atom is -0.452 e. The van der Waals surface area contributed by atoms with Crippen molar-refractivity contribution in [3.05, 3.63) is 52.7 Å². The normalized spacial score (nSPS) is 17.2. The van der Waals surface area contributed by atoms with Crippen LogP contribution in [0.2, 0.25) is 0 Å². The van der Waals surface area contributed by atoms with Crippen molar-refractivity contribution in [2.45, 2.75) is 26.3 Å². The van der Waals surface area contributed by atoms with Crippen LogP contribution in [0.25, 0.3) is 10.6 Å². The Kier molecular flexibility index (Phi) is 6.11. The molecule has 4 rings (SSSR count). The number of nitrogens with zero attached hydrogens (tertiary/aromatic N) is 3. The van der Waals surface area contributed by atoms with Gasteiger partial charge in [0.05, 0.1) is 45.1 Å². The van der Waals surface area contributed by atoms with E-state index in [1.165, 1.54) is 4.68 Å². The first-order chi connectivity index (χ1) is 15.2. The van der Waals surface area contributed by atoms with Crippen molar-refractivity contribution in [1.29, 1.82) is 0 Å². The van der Waals surface area contributed by atoms with Crippen molar-refractivity contribution < 1.29 is 22.7 Å². The third kappa shape index (κ3) is 4.89. The Labute approximate surface area is 189 Å². The lowest BCUT2D eigenvalue weighted by Crippen LogP contribution is -2.24. The Balaban J connectivity index is 1.38. The van der Waals surface area contributed by atoms with Gasteiger partial charge < -0.3 is 10.1 Å². The summed E-state index contributed by atoms with van der Waals surface area (Å²) in [6.45, 7) is 2.98. The second-order valence-corrected chi connectivity index (χ2v) is 10.8. The maximum atomic E-state index is 12.4. The molecule has 11 heteroatoms. The average Bonchev–Trinajstić information content (AvgIpc) is 3.46. The molecule has 1 aliphatic rings. The van der Waals surface area contributed by atoms with Gasteiger partial charge in [0.1, 0.15) is 5.82 Å². The fraction of sp³-hybridized carbons (Fsp3) is 0.333. The number of pyridine rings is 1. The molecule has 1 unspecified atom stereocenters. The molecule has 1 saturated heterocycles. The number of thiophene rings is 1. The molecule has 168 valence electrons. The second-order valence-electron chi connectivity index (χ2n) is 7.60. The van der Waals surface area contributed by atoms with Crippen molar-refractivity contribution in [3.8, 4) is 10.6 Å². The Morgan fingerprint density at radius 3 is 2.75 bits per heavy atom. The standard InChI is InChI=1S/C21H22N4O5S2/c1-13-10-19(25(24-13)15-7-9-32(28,29)12-15)23-20(26)11-30-21(27)16-5-6-17(22-14(16)2)18-4-3-8-31-18/h3-6,8,10,15H,7,9,11-12H2,1-2H3,(H,23,26). The van der Waals surface area contributed by atoms with Gasteiger partial charge in [0, 0.05) is 6.07 Å². The van der Waals surface area contributed by atoms with Crippen LogP contribution in [0.5, 0.6) is 0 Å².